The van der Waals surface area contributed by atoms with Crippen molar-refractivity contribution in [2.45, 2.75) is 23.5 Å². The minimum Gasteiger partial charge on any atom is -0.303 e. The SMILES string of the molecule is O=C(C1NCCc2cc(S(=O)(=O)Cl)ccc21)C(F)(F)F. The number of carbonyl (C=O) groups is 1. The Balaban J connectivity index is 2.46. The van der Waals surface area contributed by atoms with E-state index in [1.165, 1.54) is 12.1 Å². The van der Waals surface area contributed by atoms with Gasteiger partial charge in [0.05, 0.1) is 4.90 Å². The molecule has 0 spiro atoms. The van der Waals surface area contributed by atoms with E-state index in [1.807, 2.05) is 0 Å². The molecule has 0 aromatic heterocycles. The highest BCUT2D eigenvalue weighted by molar-refractivity contribution is 8.13. The smallest absolute Gasteiger partial charge is 0.303 e. The molecule has 0 radical (unpaired) electrons. The van der Waals surface area contributed by atoms with E-state index in [0.29, 0.717) is 12.0 Å². The molecule has 0 saturated carbocycles. The molecule has 0 saturated heterocycles. The first-order valence-corrected chi connectivity index (χ1v) is 7.83. The van der Waals surface area contributed by atoms with Crippen molar-refractivity contribution in [2.24, 2.45) is 0 Å². The summed E-state index contributed by atoms with van der Waals surface area (Å²) in [5.41, 5.74) is 0.496. The monoisotopic (exact) mass is 327 g/mol. The van der Waals surface area contributed by atoms with Crippen LogP contribution >= 0.6 is 10.7 Å². The molecule has 0 fully saturated rings. The maximum Gasteiger partial charge on any atom is 0.452 e. The average Bonchev–Trinajstić information content (AvgIpc) is 2.34. The number of benzene rings is 1. The lowest BCUT2D eigenvalue weighted by molar-refractivity contribution is -0.173. The van der Waals surface area contributed by atoms with Crippen LogP contribution in [0.3, 0.4) is 0 Å². The molecule has 0 aliphatic carbocycles. The maximum atomic E-state index is 12.5. The summed E-state index contributed by atoms with van der Waals surface area (Å²) in [6.07, 6.45) is -4.64. The van der Waals surface area contributed by atoms with Gasteiger partial charge < -0.3 is 5.32 Å². The van der Waals surface area contributed by atoms with Crippen LogP contribution in [-0.2, 0) is 20.3 Å². The van der Waals surface area contributed by atoms with E-state index in [-0.39, 0.29) is 17.0 Å². The standard InChI is InChI=1S/C11H9ClF3NO3S/c12-20(18,19)7-1-2-8-6(5-7)3-4-16-9(8)10(17)11(13,14)15/h1-2,5,9,16H,3-4H2. The molecule has 20 heavy (non-hydrogen) atoms. The Labute approximate surface area is 117 Å². The van der Waals surface area contributed by atoms with Crippen LogP contribution in [0.15, 0.2) is 23.1 Å². The molecule has 4 nitrogen and oxygen atoms in total. The molecule has 9 heteroatoms. The van der Waals surface area contributed by atoms with Gasteiger partial charge in [-0.05, 0) is 29.7 Å². The fraction of sp³-hybridized carbons (Fsp3) is 0.364. The van der Waals surface area contributed by atoms with Crippen molar-refractivity contribution in [2.75, 3.05) is 6.54 Å². The first-order valence-electron chi connectivity index (χ1n) is 5.52. The van der Waals surface area contributed by atoms with Gasteiger partial charge in [-0.2, -0.15) is 13.2 Å². The Kier molecular flexibility index (Phi) is 3.83. The zero-order valence-electron chi connectivity index (χ0n) is 9.87. The average molecular weight is 328 g/mol. The third-order valence-electron chi connectivity index (χ3n) is 2.99. The third kappa shape index (κ3) is 2.97. The van der Waals surface area contributed by atoms with Gasteiger partial charge in [0.1, 0.15) is 6.04 Å². The van der Waals surface area contributed by atoms with Crippen molar-refractivity contribution in [1.29, 1.82) is 0 Å². The molecule has 1 aliphatic heterocycles. The largest absolute Gasteiger partial charge is 0.452 e. The Hall–Kier alpha value is -1.12. The predicted molar refractivity (Wildman–Crippen MR) is 65.0 cm³/mol. The van der Waals surface area contributed by atoms with Gasteiger partial charge in [0.25, 0.3) is 14.8 Å². The molecule has 1 unspecified atom stereocenters. The molecule has 1 aromatic carbocycles. The third-order valence-corrected chi connectivity index (χ3v) is 4.34. The van der Waals surface area contributed by atoms with Crippen molar-refractivity contribution in [3.05, 3.63) is 29.3 Å². The summed E-state index contributed by atoms with van der Waals surface area (Å²) in [7, 11) is 1.22. The molecule has 2 rings (SSSR count). The Morgan fingerprint density at radius 2 is 2.00 bits per heavy atom. The summed E-state index contributed by atoms with van der Waals surface area (Å²) in [6.45, 7) is 0.144. The summed E-state index contributed by atoms with van der Waals surface area (Å²) >= 11 is 0. The topological polar surface area (TPSA) is 63.2 Å². The van der Waals surface area contributed by atoms with Crippen LogP contribution < -0.4 is 5.32 Å². The minimum absolute atomic E-state index is 0.127. The van der Waals surface area contributed by atoms with Gasteiger partial charge in [0, 0.05) is 17.2 Å². The first kappa shape index (κ1) is 15.3. The summed E-state index contributed by atoms with van der Waals surface area (Å²) in [4.78, 5) is 11.1. The lowest BCUT2D eigenvalue weighted by Crippen LogP contribution is -2.41. The van der Waals surface area contributed by atoms with E-state index < -0.39 is 27.1 Å². The van der Waals surface area contributed by atoms with Crippen molar-refractivity contribution in [1.82, 2.24) is 5.32 Å². The number of hydrogen-bond donors (Lipinski definition) is 1. The van der Waals surface area contributed by atoms with Crippen LogP contribution in [0.25, 0.3) is 0 Å². The fourth-order valence-corrected chi connectivity index (χ4v) is 2.89. The molecule has 0 bridgehead atoms. The lowest BCUT2D eigenvalue weighted by Gasteiger charge is -2.26. The zero-order valence-corrected chi connectivity index (χ0v) is 11.4. The Morgan fingerprint density at radius 3 is 2.55 bits per heavy atom. The summed E-state index contributed by atoms with van der Waals surface area (Å²) in [5.74, 6) is -1.90. The number of alkyl halides is 3. The molecular weight excluding hydrogens is 319 g/mol. The van der Waals surface area contributed by atoms with Crippen molar-refractivity contribution >= 4 is 25.5 Å². The van der Waals surface area contributed by atoms with Crippen LogP contribution in [0.2, 0.25) is 0 Å². The van der Waals surface area contributed by atoms with E-state index in [9.17, 15) is 26.4 Å². The quantitative estimate of drug-likeness (QED) is 0.843. The molecule has 1 atom stereocenters. The molecule has 1 aliphatic rings. The molecule has 1 heterocycles. The van der Waals surface area contributed by atoms with E-state index in [4.69, 9.17) is 10.7 Å². The first-order chi connectivity index (χ1) is 9.10. The van der Waals surface area contributed by atoms with Crippen LogP contribution in [0.5, 0.6) is 0 Å². The Morgan fingerprint density at radius 1 is 1.35 bits per heavy atom. The van der Waals surface area contributed by atoms with Crippen LogP contribution in [0, 0.1) is 0 Å². The highest BCUT2D eigenvalue weighted by Crippen LogP contribution is 2.32. The maximum absolute atomic E-state index is 12.5. The van der Waals surface area contributed by atoms with Gasteiger partial charge in [0.15, 0.2) is 0 Å². The van der Waals surface area contributed by atoms with Crippen LogP contribution in [0.4, 0.5) is 13.2 Å². The number of rotatable bonds is 2. The summed E-state index contributed by atoms with van der Waals surface area (Å²) < 4.78 is 59.9. The molecule has 1 aromatic rings. The summed E-state index contributed by atoms with van der Waals surface area (Å²) in [6, 6.07) is 1.97. The highest BCUT2D eigenvalue weighted by Gasteiger charge is 2.45. The number of hydrogen-bond acceptors (Lipinski definition) is 4. The molecular formula is C11H9ClF3NO3S. The predicted octanol–water partition coefficient (Wildman–Crippen LogP) is 1.93. The van der Waals surface area contributed by atoms with Crippen molar-refractivity contribution in [3.63, 3.8) is 0 Å². The lowest BCUT2D eigenvalue weighted by atomic mass is 9.92. The van der Waals surface area contributed by atoms with Crippen LogP contribution in [-0.4, -0.2) is 26.9 Å². The number of carbonyl (C=O) groups excluding carboxylic acids is 1. The zero-order chi connectivity index (χ0) is 15.1. The van der Waals surface area contributed by atoms with E-state index in [1.54, 1.807) is 0 Å². The van der Waals surface area contributed by atoms with Gasteiger partial charge in [-0.3, -0.25) is 4.79 Å². The summed E-state index contributed by atoms with van der Waals surface area (Å²) in [5, 5.41) is 2.49. The van der Waals surface area contributed by atoms with Gasteiger partial charge in [-0.25, -0.2) is 8.42 Å². The number of fused-ring (bicyclic) bond motifs is 1. The van der Waals surface area contributed by atoms with Gasteiger partial charge >= 0.3 is 6.18 Å². The number of Topliss-reactive ketones (excluding diaryl/α,β-unsaturated/α-hetero) is 1. The Bertz CT molecular complexity index is 657. The van der Waals surface area contributed by atoms with E-state index >= 15 is 0 Å². The van der Waals surface area contributed by atoms with Crippen LogP contribution in [0.1, 0.15) is 17.2 Å². The van der Waals surface area contributed by atoms with Crippen molar-refractivity contribution < 1.29 is 26.4 Å². The molecule has 110 valence electrons. The second kappa shape index (κ2) is 5.01. The second-order valence-electron chi connectivity index (χ2n) is 4.30. The van der Waals surface area contributed by atoms with Gasteiger partial charge in [0.2, 0.25) is 0 Å². The minimum atomic E-state index is -4.95. The van der Waals surface area contributed by atoms with E-state index in [2.05, 4.69) is 5.32 Å². The van der Waals surface area contributed by atoms with E-state index in [0.717, 1.165) is 6.07 Å². The number of nitrogens with one attached hydrogen (secondary N) is 1. The highest BCUT2D eigenvalue weighted by atomic mass is 35.7. The molecule has 0 amide bonds. The van der Waals surface area contributed by atoms with Gasteiger partial charge in [-0.15, -0.1) is 0 Å². The number of halogens is 4. The number of ketones is 1. The van der Waals surface area contributed by atoms with Gasteiger partial charge in [-0.1, -0.05) is 6.07 Å². The normalized spacial score (nSPS) is 19.5. The van der Waals surface area contributed by atoms with Crippen molar-refractivity contribution in [3.8, 4) is 0 Å². The molecule has 1 N–H and O–H groups in total. The second-order valence-corrected chi connectivity index (χ2v) is 6.86. The fourth-order valence-electron chi connectivity index (χ4n) is 2.09.